The van der Waals surface area contributed by atoms with Gasteiger partial charge in [-0.15, -0.1) is 22.6 Å². The Morgan fingerprint density at radius 2 is 2.12 bits per heavy atom. The second-order valence-corrected chi connectivity index (χ2v) is 2.89. The van der Waals surface area contributed by atoms with E-state index in [1.165, 1.54) is 10.9 Å². The Kier molecular flexibility index (Phi) is 3.82. The fourth-order valence-electron chi connectivity index (χ4n) is 1.14. The molecule has 5 N–H and O–H groups in total. The molecule has 0 amide bonds. The molecule has 0 aromatic carbocycles. The summed E-state index contributed by atoms with van der Waals surface area (Å²) >= 11 is 0. The molecule has 2 aromatic heterocycles. The number of nitrogens with zero attached hydrogens (tertiary/aromatic N) is 5. The Morgan fingerprint density at radius 3 is 2.59 bits per heavy atom. The minimum absolute atomic E-state index is 0. The van der Waals surface area contributed by atoms with Crippen molar-refractivity contribution in [2.24, 2.45) is 5.84 Å². The van der Waals surface area contributed by atoms with E-state index in [4.69, 9.17) is 16.8 Å². The highest BCUT2D eigenvalue weighted by atomic mass is 35.5. The third-order valence-electron chi connectivity index (χ3n) is 1.94. The zero-order valence-corrected chi connectivity index (χ0v) is 9.35. The van der Waals surface area contributed by atoms with Crippen molar-refractivity contribution < 1.29 is 0 Å². The molecule has 0 aliphatic rings. The molecule has 88 valence electrons. The van der Waals surface area contributed by atoms with Crippen molar-refractivity contribution in [2.75, 3.05) is 11.2 Å². The number of hydrazine groups is 1. The Morgan fingerprint density at radius 1 is 1.35 bits per heavy atom. The molecule has 0 spiro atoms. The number of hydrogen-bond acceptors (Lipinski definition) is 7. The molecule has 2 rings (SSSR count). The van der Waals surface area contributed by atoms with Crippen LogP contribution in [0.5, 0.6) is 0 Å². The van der Waals surface area contributed by atoms with Crippen LogP contribution in [0.25, 0.3) is 5.82 Å². The van der Waals surface area contributed by atoms with Gasteiger partial charge in [-0.25, -0.2) is 5.84 Å². The van der Waals surface area contributed by atoms with Crippen LogP contribution in [0.2, 0.25) is 0 Å². The maximum Gasteiger partial charge on any atom is 0.178 e. The molecule has 0 radical (unpaired) electrons. The second kappa shape index (κ2) is 5.11. The van der Waals surface area contributed by atoms with Crippen LogP contribution in [0.15, 0.2) is 18.3 Å². The smallest absolute Gasteiger partial charge is 0.178 e. The molecule has 0 saturated heterocycles. The van der Waals surface area contributed by atoms with E-state index in [1.807, 2.05) is 6.07 Å². The average Bonchev–Trinajstić information content (AvgIpc) is 2.70. The van der Waals surface area contributed by atoms with Crippen molar-refractivity contribution in [3.05, 3.63) is 23.9 Å². The largest absolute Gasteiger partial charge is 0.382 e. The molecule has 2 heterocycles. The lowest BCUT2D eigenvalue weighted by molar-refractivity contribution is 0.823. The van der Waals surface area contributed by atoms with Crippen LogP contribution in [0.1, 0.15) is 5.56 Å². The van der Waals surface area contributed by atoms with E-state index in [0.717, 1.165) is 0 Å². The van der Waals surface area contributed by atoms with Gasteiger partial charge in [0.1, 0.15) is 17.5 Å². The Balaban J connectivity index is 0.00000144. The fourth-order valence-corrected chi connectivity index (χ4v) is 1.14. The quantitative estimate of drug-likeness (QED) is 0.499. The maximum absolute atomic E-state index is 8.71. The van der Waals surface area contributed by atoms with Gasteiger partial charge in [0.15, 0.2) is 11.6 Å². The van der Waals surface area contributed by atoms with Gasteiger partial charge < -0.3 is 11.2 Å². The van der Waals surface area contributed by atoms with Crippen molar-refractivity contribution in [1.82, 2.24) is 20.0 Å². The van der Waals surface area contributed by atoms with Gasteiger partial charge in [-0.05, 0) is 12.1 Å². The zero-order chi connectivity index (χ0) is 11.5. The monoisotopic (exact) mass is 252 g/mol. The first-order valence-electron chi connectivity index (χ1n) is 4.30. The predicted molar refractivity (Wildman–Crippen MR) is 63.3 cm³/mol. The van der Waals surface area contributed by atoms with Crippen LogP contribution < -0.4 is 17.0 Å². The summed E-state index contributed by atoms with van der Waals surface area (Å²) in [6, 6.07) is 5.17. The van der Waals surface area contributed by atoms with Crippen LogP contribution in [0.3, 0.4) is 0 Å². The molecule has 0 atom stereocenters. The van der Waals surface area contributed by atoms with E-state index >= 15 is 0 Å². The van der Waals surface area contributed by atoms with Gasteiger partial charge in [-0.1, -0.05) is 0 Å². The molecule has 17 heavy (non-hydrogen) atoms. The summed E-state index contributed by atoms with van der Waals surface area (Å²) in [5, 5.41) is 20.3. The normalized spacial score (nSPS) is 9.18. The van der Waals surface area contributed by atoms with Crippen LogP contribution in [-0.4, -0.2) is 20.0 Å². The summed E-state index contributed by atoms with van der Waals surface area (Å²) in [7, 11) is 0. The first-order valence-corrected chi connectivity index (χ1v) is 4.30. The van der Waals surface area contributed by atoms with Gasteiger partial charge in [0.2, 0.25) is 0 Å². The van der Waals surface area contributed by atoms with Crippen molar-refractivity contribution in [3.8, 4) is 11.9 Å². The number of nitrogen functional groups attached to an aromatic ring is 2. The number of rotatable bonds is 2. The van der Waals surface area contributed by atoms with Crippen LogP contribution >= 0.6 is 12.4 Å². The van der Waals surface area contributed by atoms with Gasteiger partial charge >= 0.3 is 0 Å². The van der Waals surface area contributed by atoms with E-state index in [0.29, 0.717) is 17.2 Å². The van der Waals surface area contributed by atoms with Gasteiger partial charge in [0, 0.05) is 0 Å². The van der Waals surface area contributed by atoms with E-state index in [1.54, 1.807) is 12.1 Å². The van der Waals surface area contributed by atoms with Gasteiger partial charge in [-0.3, -0.25) is 0 Å². The molecule has 2 aromatic rings. The molecule has 0 fully saturated rings. The topological polar surface area (TPSA) is 131 Å². The summed E-state index contributed by atoms with van der Waals surface area (Å²) in [4.78, 5) is 0. The van der Waals surface area contributed by atoms with E-state index < -0.39 is 0 Å². The molecule has 0 unspecified atom stereocenters. The van der Waals surface area contributed by atoms with Crippen LogP contribution in [-0.2, 0) is 0 Å². The third kappa shape index (κ3) is 2.25. The van der Waals surface area contributed by atoms with Gasteiger partial charge in [-0.2, -0.15) is 15.0 Å². The average molecular weight is 253 g/mol. The highest BCUT2D eigenvalue weighted by Crippen LogP contribution is 2.14. The standard InChI is InChI=1S/C8H8N8.ClH/c9-3-5-4-12-16(8(5)10)7-2-1-6(13-11)14-15-7;/h1-2,4H,10-11H2,(H,13,14);1H. The highest BCUT2D eigenvalue weighted by molar-refractivity contribution is 5.85. The van der Waals surface area contributed by atoms with E-state index in [2.05, 4.69) is 20.7 Å². The lowest BCUT2D eigenvalue weighted by Crippen LogP contribution is -2.11. The first-order chi connectivity index (χ1) is 7.76. The number of hydrogen-bond donors (Lipinski definition) is 3. The van der Waals surface area contributed by atoms with Crippen molar-refractivity contribution in [3.63, 3.8) is 0 Å². The third-order valence-corrected chi connectivity index (χ3v) is 1.94. The number of nitrogens with two attached hydrogens (primary N) is 2. The molecule has 0 aliphatic carbocycles. The van der Waals surface area contributed by atoms with E-state index in [9.17, 15) is 0 Å². The van der Waals surface area contributed by atoms with Crippen molar-refractivity contribution in [2.45, 2.75) is 0 Å². The Hall–Kier alpha value is -2.37. The lowest BCUT2D eigenvalue weighted by atomic mass is 10.4. The summed E-state index contributed by atoms with van der Waals surface area (Å²) in [6.45, 7) is 0. The number of nitriles is 1. The summed E-state index contributed by atoms with van der Waals surface area (Å²) in [5.74, 6) is 6.22. The van der Waals surface area contributed by atoms with Crippen molar-refractivity contribution in [1.29, 1.82) is 5.26 Å². The molecule has 0 bridgehead atoms. The number of halogens is 1. The summed E-state index contributed by atoms with van der Waals surface area (Å²) < 4.78 is 1.33. The number of anilines is 2. The molecule has 0 aliphatic heterocycles. The summed E-state index contributed by atoms with van der Waals surface area (Å²) in [5.41, 5.74) is 8.33. The number of nitrogens with one attached hydrogen (secondary N) is 1. The zero-order valence-electron chi connectivity index (χ0n) is 8.53. The molecule has 8 nitrogen and oxygen atoms in total. The van der Waals surface area contributed by atoms with Gasteiger partial charge in [0.05, 0.1) is 6.20 Å². The molecule has 9 heteroatoms. The number of aromatic nitrogens is 4. The Bertz CT molecular complexity index is 540. The summed E-state index contributed by atoms with van der Waals surface area (Å²) in [6.07, 6.45) is 1.37. The SMILES string of the molecule is Cl.N#Cc1cnn(-c2ccc(NN)nn2)c1N. The molecular weight excluding hydrogens is 244 g/mol. The fraction of sp³-hybridized carbons (Fsp3) is 0. The predicted octanol–water partition coefficient (Wildman–Crippen LogP) is -0.176. The molecule has 0 saturated carbocycles. The first kappa shape index (κ1) is 12.7. The van der Waals surface area contributed by atoms with Crippen LogP contribution in [0.4, 0.5) is 11.6 Å². The van der Waals surface area contributed by atoms with E-state index in [-0.39, 0.29) is 18.2 Å². The highest BCUT2D eigenvalue weighted by Gasteiger charge is 2.09. The van der Waals surface area contributed by atoms with Crippen LogP contribution in [0, 0.1) is 11.3 Å². The minimum Gasteiger partial charge on any atom is -0.382 e. The maximum atomic E-state index is 8.71. The van der Waals surface area contributed by atoms with Gasteiger partial charge in [0.25, 0.3) is 0 Å². The Labute approximate surface area is 103 Å². The second-order valence-electron chi connectivity index (χ2n) is 2.89. The minimum atomic E-state index is 0. The molecular formula is C8H9ClN8. The lowest BCUT2D eigenvalue weighted by Gasteiger charge is -2.02. The van der Waals surface area contributed by atoms with Crippen molar-refractivity contribution >= 4 is 24.0 Å².